The molecule has 0 bridgehead atoms. The zero-order valence-corrected chi connectivity index (χ0v) is 8.20. The summed E-state index contributed by atoms with van der Waals surface area (Å²) >= 11 is 2.08. The lowest BCUT2D eigenvalue weighted by Crippen LogP contribution is -2.07. The monoisotopic (exact) mass is 272 g/mol. The maximum Gasteiger partial charge on any atom is 0.258 e. The summed E-state index contributed by atoms with van der Waals surface area (Å²) in [5.41, 5.74) is -0.0787. The van der Waals surface area contributed by atoms with Crippen molar-refractivity contribution in [3.63, 3.8) is 0 Å². The Kier molecular flexibility index (Phi) is 1.84. The van der Waals surface area contributed by atoms with Gasteiger partial charge in [-0.25, -0.2) is 0 Å². The summed E-state index contributed by atoms with van der Waals surface area (Å²) in [6.07, 6.45) is 3.25. The van der Waals surface area contributed by atoms with E-state index in [2.05, 4.69) is 32.6 Å². The third-order valence-electron chi connectivity index (χ3n) is 1.61. The van der Waals surface area contributed by atoms with E-state index in [0.29, 0.717) is 5.39 Å². The van der Waals surface area contributed by atoms with E-state index in [1.54, 1.807) is 12.4 Å². The summed E-state index contributed by atoms with van der Waals surface area (Å²) in [6, 6.07) is 3.74. The minimum atomic E-state index is -0.0787. The van der Waals surface area contributed by atoms with E-state index in [1.165, 1.54) is 0 Å². The van der Waals surface area contributed by atoms with Gasteiger partial charge in [0.2, 0.25) is 0 Å². The van der Waals surface area contributed by atoms with Gasteiger partial charge < -0.3 is 4.98 Å². The number of halogens is 1. The van der Waals surface area contributed by atoms with Gasteiger partial charge in [0, 0.05) is 12.4 Å². The van der Waals surface area contributed by atoms with Gasteiger partial charge in [-0.1, -0.05) is 0 Å². The van der Waals surface area contributed by atoms with E-state index in [0.717, 1.165) is 9.09 Å². The molecule has 0 aliphatic rings. The van der Waals surface area contributed by atoms with Crippen molar-refractivity contribution in [1.29, 1.82) is 0 Å². The number of aromatic amines is 1. The Bertz CT molecular complexity index is 478. The average Bonchev–Trinajstić information content (AvgIpc) is 2.04. The summed E-state index contributed by atoms with van der Waals surface area (Å²) in [5, 5.41) is 1.57. The number of rotatable bonds is 0. The van der Waals surface area contributed by atoms with Crippen LogP contribution in [0.3, 0.4) is 0 Å². The highest BCUT2D eigenvalue weighted by atomic mass is 127. The maximum atomic E-state index is 11.3. The summed E-state index contributed by atoms with van der Waals surface area (Å²) < 4.78 is 0.844. The van der Waals surface area contributed by atoms with Crippen molar-refractivity contribution >= 4 is 33.4 Å². The van der Waals surface area contributed by atoms with Crippen molar-refractivity contribution in [3.05, 3.63) is 38.6 Å². The SMILES string of the molecule is O=c1[nH]c(I)cc2ccncc12. The smallest absolute Gasteiger partial charge is 0.258 e. The highest BCUT2D eigenvalue weighted by Crippen LogP contribution is 2.08. The molecule has 0 fully saturated rings. The fourth-order valence-corrected chi connectivity index (χ4v) is 1.65. The van der Waals surface area contributed by atoms with Crippen LogP contribution in [0.5, 0.6) is 0 Å². The van der Waals surface area contributed by atoms with Crippen LogP contribution in [0.25, 0.3) is 10.8 Å². The molecule has 60 valence electrons. The predicted molar refractivity (Wildman–Crippen MR) is 55.1 cm³/mol. The first kappa shape index (κ1) is 7.72. The Morgan fingerprint density at radius 3 is 3.17 bits per heavy atom. The van der Waals surface area contributed by atoms with E-state index < -0.39 is 0 Å². The predicted octanol–water partition coefficient (Wildman–Crippen LogP) is 1.53. The number of pyridine rings is 2. The molecule has 3 nitrogen and oxygen atoms in total. The van der Waals surface area contributed by atoms with E-state index in [1.807, 2.05) is 12.1 Å². The van der Waals surface area contributed by atoms with Crippen LogP contribution in [-0.2, 0) is 0 Å². The van der Waals surface area contributed by atoms with Gasteiger partial charge in [-0.05, 0) is 40.1 Å². The number of hydrogen-bond acceptors (Lipinski definition) is 2. The molecule has 0 aliphatic carbocycles. The van der Waals surface area contributed by atoms with Gasteiger partial charge in [-0.2, -0.15) is 0 Å². The molecule has 12 heavy (non-hydrogen) atoms. The van der Waals surface area contributed by atoms with Crippen molar-refractivity contribution in [2.75, 3.05) is 0 Å². The number of hydrogen-bond donors (Lipinski definition) is 1. The molecule has 4 heteroatoms. The van der Waals surface area contributed by atoms with Crippen molar-refractivity contribution in [2.24, 2.45) is 0 Å². The minimum Gasteiger partial charge on any atom is -0.317 e. The van der Waals surface area contributed by atoms with E-state index in [-0.39, 0.29) is 5.56 Å². The zero-order valence-electron chi connectivity index (χ0n) is 6.04. The van der Waals surface area contributed by atoms with Crippen LogP contribution in [0.1, 0.15) is 0 Å². The first-order valence-corrected chi connectivity index (χ1v) is 4.48. The van der Waals surface area contributed by atoms with Crippen LogP contribution < -0.4 is 5.56 Å². The second-order valence-corrected chi connectivity index (χ2v) is 3.57. The van der Waals surface area contributed by atoms with Gasteiger partial charge in [0.25, 0.3) is 5.56 Å². The van der Waals surface area contributed by atoms with Gasteiger partial charge in [0.1, 0.15) is 0 Å². The van der Waals surface area contributed by atoms with Gasteiger partial charge in [0.05, 0.1) is 9.09 Å². The molecule has 0 atom stereocenters. The molecule has 1 N–H and O–H groups in total. The lowest BCUT2D eigenvalue weighted by Gasteiger charge is -1.95. The molecule has 2 heterocycles. The standard InChI is InChI=1S/C8H5IN2O/c9-7-3-5-1-2-10-4-6(5)8(12)11-7/h1-4H,(H,11,12). The van der Waals surface area contributed by atoms with Crippen LogP contribution in [0.15, 0.2) is 29.3 Å². The number of nitrogens with zero attached hydrogens (tertiary/aromatic N) is 1. The van der Waals surface area contributed by atoms with Gasteiger partial charge >= 0.3 is 0 Å². The number of nitrogens with one attached hydrogen (secondary N) is 1. The summed E-state index contributed by atoms with van der Waals surface area (Å²) in [6.45, 7) is 0. The second kappa shape index (κ2) is 2.85. The molecule has 0 aromatic carbocycles. The Labute approximate surface area is 82.0 Å². The molecular weight excluding hydrogens is 267 g/mol. The third kappa shape index (κ3) is 1.22. The van der Waals surface area contributed by atoms with Crippen molar-refractivity contribution in [1.82, 2.24) is 9.97 Å². The number of aromatic nitrogens is 2. The molecular formula is C8H5IN2O. The minimum absolute atomic E-state index is 0.0787. The van der Waals surface area contributed by atoms with Crippen molar-refractivity contribution in [2.45, 2.75) is 0 Å². The van der Waals surface area contributed by atoms with Gasteiger partial charge in [0.15, 0.2) is 0 Å². The molecule has 0 unspecified atom stereocenters. The lowest BCUT2D eigenvalue weighted by molar-refractivity contribution is 1.21. The van der Waals surface area contributed by atoms with Crippen LogP contribution >= 0.6 is 22.6 Å². The summed E-state index contributed by atoms with van der Waals surface area (Å²) in [5.74, 6) is 0. The Hall–Kier alpha value is -0.910. The highest BCUT2D eigenvalue weighted by Gasteiger charge is 1.98. The lowest BCUT2D eigenvalue weighted by atomic mass is 10.2. The first-order valence-electron chi connectivity index (χ1n) is 3.40. The number of fused-ring (bicyclic) bond motifs is 1. The van der Waals surface area contributed by atoms with E-state index in [4.69, 9.17) is 0 Å². The molecule has 0 saturated heterocycles. The fraction of sp³-hybridized carbons (Fsp3) is 0. The molecule has 2 aromatic rings. The van der Waals surface area contributed by atoms with Crippen LogP contribution in [0.2, 0.25) is 0 Å². The molecule has 2 rings (SSSR count). The van der Waals surface area contributed by atoms with Gasteiger partial charge in [-0.15, -0.1) is 0 Å². The molecule has 0 spiro atoms. The largest absolute Gasteiger partial charge is 0.317 e. The first-order chi connectivity index (χ1) is 5.77. The third-order valence-corrected chi connectivity index (χ3v) is 2.20. The van der Waals surface area contributed by atoms with Crippen LogP contribution in [-0.4, -0.2) is 9.97 Å². The average molecular weight is 272 g/mol. The van der Waals surface area contributed by atoms with E-state index in [9.17, 15) is 4.79 Å². The molecule has 0 radical (unpaired) electrons. The van der Waals surface area contributed by atoms with Crippen molar-refractivity contribution in [3.8, 4) is 0 Å². The highest BCUT2D eigenvalue weighted by molar-refractivity contribution is 14.1. The van der Waals surface area contributed by atoms with Crippen molar-refractivity contribution < 1.29 is 0 Å². The quantitative estimate of drug-likeness (QED) is 0.584. The Morgan fingerprint density at radius 2 is 2.33 bits per heavy atom. The molecule has 0 aliphatic heterocycles. The topological polar surface area (TPSA) is 45.8 Å². The normalized spacial score (nSPS) is 10.4. The Morgan fingerprint density at radius 1 is 1.50 bits per heavy atom. The van der Waals surface area contributed by atoms with Gasteiger partial charge in [-0.3, -0.25) is 9.78 Å². The summed E-state index contributed by atoms with van der Waals surface area (Å²) in [7, 11) is 0. The second-order valence-electron chi connectivity index (χ2n) is 2.41. The van der Waals surface area contributed by atoms with Crippen LogP contribution in [0.4, 0.5) is 0 Å². The summed E-state index contributed by atoms with van der Waals surface area (Å²) in [4.78, 5) is 17.9. The maximum absolute atomic E-state index is 11.3. The molecule has 0 amide bonds. The fourth-order valence-electron chi connectivity index (χ4n) is 1.07. The Balaban J connectivity index is 2.99. The molecule has 2 aromatic heterocycles. The van der Waals surface area contributed by atoms with E-state index >= 15 is 0 Å². The van der Waals surface area contributed by atoms with Crippen LogP contribution in [0, 0.1) is 3.70 Å². The molecule has 0 saturated carbocycles. The zero-order chi connectivity index (χ0) is 8.55. The number of H-pyrrole nitrogens is 1.